The number of rotatable bonds is 21. The third-order valence-electron chi connectivity index (χ3n) is 5.20. The van der Waals surface area contributed by atoms with Crippen molar-refractivity contribution in [2.75, 3.05) is 13.2 Å². The lowest BCUT2D eigenvalue weighted by molar-refractivity contribution is 0.308. The van der Waals surface area contributed by atoms with Gasteiger partial charge in [0.25, 0.3) is 0 Å². The van der Waals surface area contributed by atoms with E-state index in [1.165, 1.54) is 109 Å². The van der Waals surface area contributed by atoms with Gasteiger partial charge in [0.1, 0.15) is 0 Å². The monoisotopic (exact) mass is 510 g/mol. The third-order valence-corrected chi connectivity index (χ3v) is 5.69. The van der Waals surface area contributed by atoms with E-state index >= 15 is 0 Å². The van der Waals surface area contributed by atoms with Gasteiger partial charge in [0.2, 0.25) is 8.77 Å². The first kappa shape index (κ1) is 33.7. The summed E-state index contributed by atoms with van der Waals surface area (Å²) in [5.41, 5.74) is 0. The second-order valence-electron chi connectivity index (χ2n) is 8.24. The Kier molecular flexibility index (Phi) is 33.1. The molecule has 0 saturated heterocycles. The summed E-state index contributed by atoms with van der Waals surface area (Å²) >= 11 is 17.2. The van der Waals surface area contributed by atoms with E-state index in [1.54, 1.807) is 0 Å². The first-order valence-corrected chi connectivity index (χ1v) is 14.5. The maximum atomic E-state index is 5.11. The zero-order chi connectivity index (χ0) is 23.4. The van der Waals surface area contributed by atoms with Gasteiger partial charge in [0.05, 0.1) is 13.2 Å². The molecule has 6 heteroatoms. The molecule has 0 N–H and O–H groups in total. The number of hydrogen-bond acceptors (Lipinski definition) is 4. The minimum Gasteiger partial charge on any atom is -0.479 e. The molecule has 0 heterocycles. The fraction of sp³-hybridized carbons (Fsp3) is 0.920. The van der Waals surface area contributed by atoms with Crippen LogP contribution in [0.1, 0.15) is 136 Å². The zero-order valence-corrected chi connectivity index (χ0v) is 23.8. The highest BCUT2D eigenvalue weighted by Gasteiger charge is 1.94. The second-order valence-corrected chi connectivity index (χ2v) is 10.4. The van der Waals surface area contributed by atoms with Crippen LogP contribution in [0.5, 0.6) is 0 Å². The molecule has 0 rings (SSSR count). The van der Waals surface area contributed by atoms with E-state index < -0.39 is 0 Å². The Balaban J connectivity index is 0. The van der Waals surface area contributed by atoms with Crippen LogP contribution < -0.4 is 0 Å². The summed E-state index contributed by atoms with van der Waals surface area (Å²) in [5, 5.41) is 0. The molecule has 0 aliphatic carbocycles. The molecule has 0 aliphatic rings. The first-order valence-electron chi connectivity index (χ1n) is 12.8. The van der Waals surface area contributed by atoms with Crippen molar-refractivity contribution in [3.63, 3.8) is 0 Å². The molecule has 0 unspecified atom stereocenters. The molecule has 0 aromatic heterocycles. The van der Waals surface area contributed by atoms with Crippen molar-refractivity contribution in [3.05, 3.63) is 0 Å². The Labute approximate surface area is 216 Å². The van der Waals surface area contributed by atoms with E-state index in [-0.39, 0.29) is 0 Å². The normalized spacial score (nSPS) is 10.3. The molecule has 0 saturated carbocycles. The van der Waals surface area contributed by atoms with Crippen molar-refractivity contribution in [2.45, 2.75) is 136 Å². The third kappa shape index (κ3) is 38.1. The van der Waals surface area contributed by atoms with E-state index in [4.69, 9.17) is 33.9 Å². The smallest absolute Gasteiger partial charge is 0.216 e. The molecular weight excluding hydrogens is 461 g/mol. The Hall–Kier alpha value is 0.480. The van der Waals surface area contributed by atoms with E-state index in [2.05, 4.69) is 39.1 Å². The molecule has 0 aliphatic heterocycles. The highest BCUT2D eigenvalue weighted by atomic mass is 32.1. The van der Waals surface area contributed by atoms with Crippen molar-refractivity contribution in [1.29, 1.82) is 0 Å². The number of ether oxygens (including phenoxy) is 2. The SMILES string of the molecule is CCCCCCCCCCCCOC(=S)S.CCCCCCCCCCCOC(=S)S. The summed E-state index contributed by atoms with van der Waals surface area (Å²) in [4.78, 5) is 0. The lowest BCUT2D eigenvalue weighted by Gasteiger charge is -2.03. The lowest BCUT2D eigenvalue weighted by Crippen LogP contribution is -1.95. The molecule has 0 radical (unpaired) electrons. The van der Waals surface area contributed by atoms with Crippen LogP contribution in [0.2, 0.25) is 0 Å². The van der Waals surface area contributed by atoms with Crippen LogP contribution in [0, 0.1) is 0 Å². The van der Waals surface area contributed by atoms with Gasteiger partial charge in [-0.2, -0.15) is 0 Å². The fourth-order valence-corrected chi connectivity index (χ4v) is 3.67. The molecule has 0 spiro atoms. The molecular formula is C25H50O2S4. The Bertz CT molecular complexity index is 379. The van der Waals surface area contributed by atoms with Crippen LogP contribution in [0.3, 0.4) is 0 Å². The van der Waals surface area contributed by atoms with Crippen LogP contribution in [0.4, 0.5) is 0 Å². The summed E-state index contributed by atoms with van der Waals surface area (Å²) in [6.45, 7) is 5.99. The fourth-order valence-electron chi connectivity index (χ4n) is 3.32. The standard InChI is InChI=1S/C13H26OS2.C12H24OS2/c1-2-3-4-5-6-7-8-9-10-11-12-14-13(15)16;1-2-3-4-5-6-7-8-9-10-11-13-12(14)15/h2-12H2,1H3,(H,15,16);2-11H2,1H3,(H,14,15). The van der Waals surface area contributed by atoms with E-state index in [0.717, 1.165) is 26.1 Å². The minimum absolute atomic E-state index is 0.370. The zero-order valence-electron chi connectivity index (χ0n) is 20.4. The van der Waals surface area contributed by atoms with Gasteiger partial charge in [-0.3, -0.25) is 0 Å². The second kappa shape index (κ2) is 30.5. The van der Waals surface area contributed by atoms with Crippen LogP contribution in [-0.2, 0) is 9.47 Å². The van der Waals surface area contributed by atoms with E-state index in [9.17, 15) is 0 Å². The van der Waals surface area contributed by atoms with Crippen molar-refractivity contribution < 1.29 is 9.47 Å². The molecule has 0 atom stereocenters. The summed E-state index contributed by atoms with van der Waals surface area (Å²) < 4.78 is 10.9. The van der Waals surface area contributed by atoms with Gasteiger partial charge < -0.3 is 9.47 Å². The highest BCUT2D eigenvalue weighted by molar-refractivity contribution is 8.10. The topological polar surface area (TPSA) is 18.5 Å². The van der Waals surface area contributed by atoms with Gasteiger partial charge in [0.15, 0.2) is 0 Å². The van der Waals surface area contributed by atoms with Crippen molar-refractivity contribution in [1.82, 2.24) is 0 Å². The average Bonchev–Trinajstić information content (AvgIpc) is 2.73. The van der Waals surface area contributed by atoms with Gasteiger partial charge in [-0.25, -0.2) is 0 Å². The van der Waals surface area contributed by atoms with Crippen LogP contribution >= 0.6 is 49.7 Å². The molecule has 0 aromatic carbocycles. The number of thiol groups is 2. The van der Waals surface area contributed by atoms with Gasteiger partial charge >= 0.3 is 0 Å². The largest absolute Gasteiger partial charge is 0.479 e. The molecule has 0 amide bonds. The Morgan fingerprint density at radius 2 is 0.677 bits per heavy atom. The van der Waals surface area contributed by atoms with Gasteiger partial charge in [-0.05, 0) is 37.3 Å². The van der Waals surface area contributed by atoms with Gasteiger partial charge in [-0.15, -0.1) is 0 Å². The maximum Gasteiger partial charge on any atom is 0.216 e. The lowest BCUT2D eigenvalue weighted by atomic mass is 10.1. The molecule has 0 aromatic rings. The molecule has 0 fully saturated rings. The van der Waals surface area contributed by atoms with Gasteiger partial charge in [-0.1, -0.05) is 148 Å². The molecule has 31 heavy (non-hydrogen) atoms. The van der Waals surface area contributed by atoms with Crippen LogP contribution in [-0.4, -0.2) is 22.0 Å². The maximum absolute atomic E-state index is 5.11. The Morgan fingerprint density at radius 1 is 0.452 bits per heavy atom. The summed E-state index contributed by atoms with van der Waals surface area (Å²) in [7, 11) is 0. The van der Waals surface area contributed by atoms with Crippen LogP contribution in [0.15, 0.2) is 0 Å². The van der Waals surface area contributed by atoms with Gasteiger partial charge in [0, 0.05) is 0 Å². The first-order chi connectivity index (χ1) is 15.0. The summed E-state index contributed by atoms with van der Waals surface area (Å²) in [6, 6.07) is 0. The predicted molar refractivity (Wildman–Crippen MR) is 154 cm³/mol. The highest BCUT2D eigenvalue weighted by Crippen LogP contribution is 2.11. The van der Waals surface area contributed by atoms with Crippen molar-refractivity contribution in [2.24, 2.45) is 0 Å². The molecule has 0 bridgehead atoms. The van der Waals surface area contributed by atoms with Crippen molar-refractivity contribution >= 4 is 58.5 Å². The van der Waals surface area contributed by atoms with Crippen LogP contribution in [0.25, 0.3) is 0 Å². The number of hydrogen-bond donors (Lipinski definition) is 2. The minimum atomic E-state index is 0.370. The molecule has 186 valence electrons. The Morgan fingerprint density at radius 3 is 0.903 bits per heavy atom. The molecule has 2 nitrogen and oxygen atoms in total. The predicted octanol–water partition coefficient (Wildman–Crippen LogP) is 9.89. The van der Waals surface area contributed by atoms with E-state index in [0.29, 0.717) is 8.77 Å². The quantitative estimate of drug-likeness (QED) is 0.0908. The average molecular weight is 511 g/mol. The summed E-state index contributed by atoms with van der Waals surface area (Å²) in [6.07, 6.45) is 25.5. The van der Waals surface area contributed by atoms with E-state index in [1.807, 2.05) is 0 Å². The van der Waals surface area contributed by atoms with Crippen molar-refractivity contribution in [3.8, 4) is 0 Å². The number of unbranched alkanes of at least 4 members (excludes halogenated alkanes) is 17. The number of thiocarbonyl (C=S) groups is 2. The summed E-state index contributed by atoms with van der Waals surface area (Å²) in [5.74, 6) is 0.